The van der Waals surface area contributed by atoms with Gasteiger partial charge in [0.05, 0.1) is 13.7 Å². The SMILES string of the molecule is CCNC(=NCc1cccnc1OC)NCCSc1ccccc1. The van der Waals surface area contributed by atoms with Crippen LogP contribution in [-0.2, 0) is 6.54 Å². The number of pyridine rings is 1. The molecule has 0 aliphatic carbocycles. The monoisotopic (exact) mass is 344 g/mol. The van der Waals surface area contributed by atoms with Gasteiger partial charge in [-0.15, -0.1) is 11.8 Å². The smallest absolute Gasteiger partial charge is 0.218 e. The van der Waals surface area contributed by atoms with E-state index in [0.717, 1.165) is 30.4 Å². The molecule has 1 aromatic heterocycles. The zero-order valence-electron chi connectivity index (χ0n) is 14.2. The molecule has 0 bridgehead atoms. The molecule has 24 heavy (non-hydrogen) atoms. The van der Waals surface area contributed by atoms with Gasteiger partial charge >= 0.3 is 0 Å². The van der Waals surface area contributed by atoms with E-state index in [9.17, 15) is 0 Å². The van der Waals surface area contributed by atoms with Crippen molar-refractivity contribution in [2.24, 2.45) is 4.99 Å². The molecule has 1 aromatic carbocycles. The Labute approximate surface area is 147 Å². The lowest BCUT2D eigenvalue weighted by Crippen LogP contribution is -2.38. The van der Waals surface area contributed by atoms with E-state index in [0.29, 0.717) is 12.4 Å². The predicted molar refractivity (Wildman–Crippen MR) is 101 cm³/mol. The fourth-order valence-corrected chi connectivity index (χ4v) is 2.88. The van der Waals surface area contributed by atoms with Gasteiger partial charge in [0.2, 0.25) is 5.88 Å². The highest BCUT2D eigenvalue weighted by molar-refractivity contribution is 7.99. The summed E-state index contributed by atoms with van der Waals surface area (Å²) in [7, 11) is 1.62. The Morgan fingerprint density at radius 1 is 1.17 bits per heavy atom. The first kappa shape index (κ1) is 18.1. The number of nitrogens with one attached hydrogen (secondary N) is 2. The summed E-state index contributed by atoms with van der Waals surface area (Å²) in [6, 6.07) is 14.3. The molecule has 6 heteroatoms. The summed E-state index contributed by atoms with van der Waals surface area (Å²) < 4.78 is 5.26. The molecule has 0 saturated heterocycles. The van der Waals surface area contributed by atoms with Gasteiger partial charge < -0.3 is 15.4 Å². The highest BCUT2D eigenvalue weighted by atomic mass is 32.2. The molecule has 2 rings (SSSR count). The first-order valence-corrected chi connectivity index (χ1v) is 9.00. The van der Waals surface area contributed by atoms with Crippen LogP contribution in [0.5, 0.6) is 5.88 Å². The van der Waals surface area contributed by atoms with Gasteiger partial charge in [-0.25, -0.2) is 9.98 Å². The number of hydrogen-bond donors (Lipinski definition) is 2. The molecule has 128 valence electrons. The van der Waals surface area contributed by atoms with Crippen LogP contribution >= 0.6 is 11.8 Å². The summed E-state index contributed by atoms with van der Waals surface area (Å²) in [5.74, 6) is 2.40. The van der Waals surface area contributed by atoms with Crippen molar-refractivity contribution in [2.45, 2.75) is 18.4 Å². The van der Waals surface area contributed by atoms with Crippen molar-refractivity contribution in [3.8, 4) is 5.88 Å². The van der Waals surface area contributed by atoms with Crippen molar-refractivity contribution in [1.29, 1.82) is 0 Å². The van der Waals surface area contributed by atoms with Gasteiger partial charge in [-0.1, -0.05) is 24.3 Å². The lowest BCUT2D eigenvalue weighted by atomic mass is 10.3. The summed E-state index contributed by atoms with van der Waals surface area (Å²) >= 11 is 1.83. The van der Waals surface area contributed by atoms with Gasteiger partial charge in [-0.2, -0.15) is 0 Å². The molecule has 0 unspecified atom stereocenters. The number of rotatable bonds is 8. The number of hydrogen-bond acceptors (Lipinski definition) is 4. The molecule has 0 aliphatic rings. The molecule has 0 amide bonds. The Morgan fingerprint density at radius 3 is 2.75 bits per heavy atom. The van der Waals surface area contributed by atoms with E-state index in [4.69, 9.17) is 4.74 Å². The minimum atomic E-state index is 0.526. The van der Waals surface area contributed by atoms with E-state index in [2.05, 4.69) is 51.8 Å². The van der Waals surface area contributed by atoms with E-state index in [1.54, 1.807) is 13.3 Å². The molecule has 2 N–H and O–H groups in total. The zero-order chi connectivity index (χ0) is 17.0. The van der Waals surface area contributed by atoms with Crippen molar-refractivity contribution < 1.29 is 4.74 Å². The van der Waals surface area contributed by atoms with Gasteiger partial charge in [0.1, 0.15) is 0 Å². The van der Waals surface area contributed by atoms with E-state index in [-0.39, 0.29) is 0 Å². The van der Waals surface area contributed by atoms with E-state index in [1.807, 2.05) is 30.0 Å². The van der Waals surface area contributed by atoms with Gasteiger partial charge in [0.25, 0.3) is 0 Å². The second-order valence-electron chi connectivity index (χ2n) is 4.96. The fourth-order valence-electron chi connectivity index (χ4n) is 2.09. The number of benzene rings is 1. The number of aromatic nitrogens is 1. The molecule has 0 atom stereocenters. The van der Waals surface area contributed by atoms with Crippen molar-refractivity contribution in [2.75, 3.05) is 26.0 Å². The number of guanidine groups is 1. The lowest BCUT2D eigenvalue weighted by Gasteiger charge is -2.11. The van der Waals surface area contributed by atoms with Crippen LogP contribution in [0.1, 0.15) is 12.5 Å². The second-order valence-corrected chi connectivity index (χ2v) is 6.12. The van der Waals surface area contributed by atoms with Crippen LogP contribution < -0.4 is 15.4 Å². The van der Waals surface area contributed by atoms with Gasteiger partial charge in [0.15, 0.2) is 5.96 Å². The van der Waals surface area contributed by atoms with E-state index < -0.39 is 0 Å². The van der Waals surface area contributed by atoms with Crippen molar-refractivity contribution >= 4 is 17.7 Å². The number of aliphatic imine (C=N–C) groups is 1. The van der Waals surface area contributed by atoms with Crippen molar-refractivity contribution in [1.82, 2.24) is 15.6 Å². The zero-order valence-corrected chi connectivity index (χ0v) is 15.0. The Bertz CT molecular complexity index is 634. The topological polar surface area (TPSA) is 58.5 Å². The normalized spacial score (nSPS) is 11.2. The third-order valence-electron chi connectivity index (χ3n) is 3.20. The second kappa shape index (κ2) is 10.5. The van der Waals surface area contributed by atoms with Gasteiger partial charge in [-0.05, 0) is 25.1 Å². The molecule has 1 heterocycles. The van der Waals surface area contributed by atoms with Crippen molar-refractivity contribution in [3.05, 3.63) is 54.2 Å². The maximum atomic E-state index is 5.26. The third kappa shape index (κ3) is 6.12. The molecular formula is C18H24N4OS. The van der Waals surface area contributed by atoms with Crippen LogP contribution in [0.25, 0.3) is 0 Å². The Balaban J connectivity index is 1.84. The Kier molecular flexibility index (Phi) is 7.97. The standard InChI is InChI=1S/C18H24N4OS/c1-3-19-18(21-12-13-24-16-9-5-4-6-10-16)22-14-15-8-7-11-20-17(15)23-2/h4-11H,3,12-14H2,1-2H3,(H2,19,21,22). The summed E-state index contributed by atoms with van der Waals surface area (Å²) in [4.78, 5) is 10.1. The number of nitrogens with zero attached hydrogens (tertiary/aromatic N) is 2. The maximum absolute atomic E-state index is 5.26. The van der Waals surface area contributed by atoms with Crippen molar-refractivity contribution in [3.63, 3.8) is 0 Å². The highest BCUT2D eigenvalue weighted by Crippen LogP contribution is 2.16. The minimum absolute atomic E-state index is 0.526. The average molecular weight is 344 g/mol. The maximum Gasteiger partial charge on any atom is 0.218 e. The van der Waals surface area contributed by atoms with Crippen LogP contribution in [0, 0.1) is 0 Å². The molecule has 0 radical (unpaired) electrons. The molecule has 5 nitrogen and oxygen atoms in total. The largest absolute Gasteiger partial charge is 0.481 e. The van der Waals surface area contributed by atoms with E-state index >= 15 is 0 Å². The third-order valence-corrected chi connectivity index (χ3v) is 4.22. The number of ether oxygens (including phenoxy) is 1. The summed E-state index contributed by atoms with van der Waals surface area (Å²) in [6.07, 6.45) is 1.72. The van der Waals surface area contributed by atoms with Gasteiger partial charge in [-0.3, -0.25) is 0 Å². The first-order valence-electron chi connectivity index (χ1n) is 8.01. The number of thioether (sulfide) groups is 1. The molecule has 0 saturated carbocycles. The summed E-state index contributed by atoms with van der Waals surface area (Å²) in [6.45, 7) is 4.25. The van der Waals surface area contributed by atoms with Crippen LogP contribution in [0.4, 0.5) is 0 Å². The van der Waals surface area contributed by atoms with E-state index in [1.165, 1.54) is 4.90 Å². The average Bonchev–Trinajstić information content (AvgIpc) is 2.64. The molecule has 2 aromatic rings. The highest BCUT2D eigenvalue weighted by Gasteiger charge is 2.03. The van der Waals surface area contributed by atoms with Crippen LogP contribution in [-0.4, -0.2) is 36.9 Å². The Hall–Kier alpha value is -2.21. The predicted octanol–water partition coefficient (Wildman–Crippen LogP) is 2.94. The Morgan fingerprint density at radius 2 is 2.00 bits per heavy atom. The minimum Gasteiger partial charge on any atom is -0.481 e. The molecule has 0 aliphatic heterocycles. The molecule has 0 spiro atoms. The number of methoxy groups -OCH3 is 1. The lowest BCUT2D eigenvalue weighted by molar-refractivity contribution is 0.392. The fraction of sp³-hybridized carbons (Fsp3) is 0.333. The van der Waals surface area contributed by atoms with Crippen LogP contribution in [0.2, 0.25) is 0 Å². The quantitative estimate of drug-likeness (QED) is 0.334. The summed E-state index contributed by atoms with van der Waals surface area (Å²) in [5.41, 5.74) is 0.968. The first-order chi connectivity index (χ1) is 11.8. The van der Waals surface area contributed by atoms with Crippen LogP contribution in [0.15, 0.2) is 58.5 Å². The van der Waals surface area contributed by atoms with Crippen LogP contribution in [0.3, 0.4) is 0 Å². The molecular weight excluding hydrogens is 320 g/mol. The summed E-state index contributed by atoms with van der Waals surface area (Å²) in [5, 5.41) is 6.61. The van der Waals surface area contributed by atoms with Gasteiger partial charge in [0, 0.05) is 35.5 Å². The molecule has 0 fully saturated rings.